The van der Waals surface area contributed by atoms with Crippen LogP contribution in [-0.4, -0.2) is 92.0 Å². The van der Waals surface area contributed by atoms with E-state index in [0.717, 1.165) is 30.5 Å². The van der Waals surface area contributed by atoms with E-state index in [2.05, 4.69) is 19.2 Å². The lowest BCUT2D eigenvalue weighted by Gasteiger charge is -2.52. The van der Waals surface area contributed by atoms with Gasteiger partial charge < -0.3 is 13.6 Å². The Morgan fingerprint density at radius 2 is 1.21 bits per heavy atom. The minimum absolute atomic E-state index is 0.157. The van der Waals surface area contributed by atoms with Gasteiger partial charge in [0.05, 0.1) is 7.05 Å². The van der Waals surface area contributed by atoms with Gasteiger partial charge in [0.1, 0.15) is 19.6 Å². The summed E-state index contributed by atoms with van der Waals surface area (Å²) in [6.07, 6.45) is 0.880. The first-order valence-corrected chi connectivity index (χ1v) is 11.9. The van der Waals surface area contributed by atoms with Gasteiger partial charge in [0.15, 0.2) is 39.4 Å². The quantitative estimate of drug-likeness (QED) is 0.188. The third-order valence-electron chi connectivity index (χ3n) is 5.21. The predicted molar refractivity (Wildman–Crippen MR) is 97.3 cm³/mol. The van der Waals surface area contributed by atoms with Crippen LogP contribution in [0, 0.1) is 0 Å². The Balaban J connectivity index is 0.000000288. The van der Waals surface area contributed by atoms with Crippen LogP contribution >= 0.6 is 0 Å². The Kier molecular flexibility index (Phi) is 8.93. The Bertz CT molecular complexity index is 948. The zero-order chi connectivity index (χ0) is 25.9. The number of halogens is 7. The second-order valence-electron chi connectivity index (χ2n) is 7.77. The number of hydrogen-bond acceptors (Lipinski definition) is 6. The van der Waals surface area contributed by atoms with Crippen molar-refractivity contribution in [1.29, 1.82) is 0 Å². The number of rotatable bonds is 2. The highest BCUT2D eigenvalue weighted by molar-refractivity contribution is 7.86. The maximum Gasteiger partial charge on any atom is 0.485 e. The molecule has 0 radical (unpaired) electrons. The molecule has 3 aliphatic rings. The van der Waals surface area contributed by atoms with Crippen LogP contribution in [0.25, 0.3) is 0 Å². The highest BCUT2D eigenvalue weighted by atomic mass is 32.2. The van der Waals surface area contributed by atoms with Crippen LogP contribution in [-0.2, 0) is 26.7 Å². The van der Waals surface area contributed by atoms with Gasteiger partial charge in [-0.25, -0.2) is 16.8 Å². The maximum absolute atomic E-state index is 14.8. The van der Waals surface area contributed by atoms with Crippen molar-refractivity contribution in [3.63, 3.8) is 0 Å². The number of quaternary nitrogens is 2. The third-order valence-corrected chi connectivity index (χ3v) is 6.34. The van der Waals surface area contributed by atoms with Crippen molar-refractivity contribution in [3.8, 4) is 0 Å². The summed E-state index contributed by atoms with van der Waals surface area (Å²) in [5, 5.41) is 0. The van der Waals surface area contributed by atoms with Crippen LogP contribution in [0.3, 0.4) is 0 Å². The Labute approximate surface area is 185 Å². The van der Waals surface area contributed by atoms with Crippen LogP contribution in [0.4, 0.5) is 30.8 Å². The van der Waals surface area contributed by atoms with Crippen molar-refractivity contribution < 1.29 is 66.0 Å². The van der Waals surface area contributed by atoms with Gasteiger partial charge in [-0.15, -0.1) is 4.71 Å². The summed E-state index contributed by atoms with van der Waals surface area (Å²) in [4.78, 5) is 0. The minimum Gasteiger partial charge on any atom is -0.741 e. The Morgan fingerprint density at radius 1 is 0.848 bits per heavy atom. The Hall–Kier alpha value is -1.53. The van der Waals surface area contributed by atoms with E-state index in [4.69, 9.17) is 25.9 Å². The van der Waals surface area contributed by atoms with E-state index < -0.39 is 31.3 Å². The molecule has 0 amide bonds. The van der Waals surface area contributed by atoms with Crippen LogP contribution in [0.5, 0.6) is 0 Å². The molecule has 1 atom stereocenters. The first kappa shape index (κ1) is 29.5. The molecule has 192 valence electrons. The average molecular weight is 534 g/mol. The summed E-state index contributed by atoms with van der Waals surface area (Å²) in [5.41, 5.74) is -10.0. The summed E-state index contributed by atoms with van der Waals surface area (Å²) in [5.74, 6) is 0. The van der Waals surface area contributed by atoms with Crippen molar-refractivity contribution in [2.24, 2.45) is 0 Å². The van der Waals surface area contributed by atoms with Crippen LogP contribution in [0.1, 0.15) is 5.56 Å². The zero-order valence-electron chi connectivity index (χ0n) is 17.0. The van der Waals surface area contributed by atoms with Gasteiger partial charge in [-0.05, 0) is 10.0 Å². The molecule has 0 saturated carbocycles. The Morgan fingerprint density at radius 3 is 1.55 bits per heavy atom. The molecule has 3 heterocycles. The zero-order valence-corrected chi connectivity index (χ0v) is 18.6. The molecule has 4 rings (SSSR count). The number of alkyl halides is 6. The molecular formula is C16H21F7N2O6S2. The molecule has 0 unspecified atom stereocenters. The van der Waals surface area contributed by atoms with Crippen LogP contribution in [0.2, 0.25) is 0 Å². The molecule has 0 spiro atoms. The van der Waals surface area contributed by atoms with E-state index in [1.54, 1.807) is 0 Å². The largest absolute Gasteiger partial charge is 0.741 e. The van der Waals surface area contributed by atoms with Crippen molar-refractivity contribution in [1.82, 2.24) is 0 Å². The number of nitrogens with zero attached hydrogens (tertiary/aromatic N) is 2. The molecule has 0 aromatic heterocycles. The van der Waals surface area contributed by atoms with E-state index in [1.807, 2.05) is 18.2 Å². The summed E-state index contributed by atoms with van der Waals surface area (Å²) in [6, 6.07) is 10.5. The van der Waals surface area contributed by atoms with Crippen LogP contribution in [0.15, 0.2) is 30.3 Å². The van der Waals surface area contributed by atoms with E-state index >= 15 is 0 Å². The average Bonchev–Trinajstić information content (AvgIpc) is 2.62. The normalized spacial score (nSPS) is 27.6. The molecule has 3 aliphatic heterocycles. The fourth-order valence-electron chi connectivity index (χ4n) is 3.36. The monoisotopic (exact) mass is 534 g/mol. The van der Waals surface area contributed by atoms with Crippen LogP contribution < -0.4 is 0 Å². The second-order valence-corrected chi connectivity index (χ2v) is 10.5. The van der Waals surface area contributed by atoms with Crippen molar-refractivity contribution in [2.75, 3.05) is 39.8 Å². The smallest absolute Gasteiger partial charge is 0.485 e. The number of piperazine rings is 3. The topological polar surface area (TPSA) is 114 Å². The van der Waals surface area contributed by atoms with Gasteiger partial charge in [0.2, 0.25) is 0 Å². The van der Waals surface area contributed by atoms with Gasteiger partial charge in [0, 0.05) is 6.42 Å². The van der Waals surface area contributed by atoms with E-state index in [-0.39, 0.29) is 10.7 Å². The highest BCUT2D eigenvalue weighted by Gasteiger charge is 2.55. The van der Waals surface area contributed by atoms with Crippen molar-refractivity contribution in [2.45, 2.75) is 23.5 Å². The molecule has 8 nitrogen and oxygen atoms in total. The molecule has 2 bridgehead atoms. The van der Waals surface area contributed by atoms with Gasteiger partial charge in [-0.1, -0.05) is 30.3 Å². The number of fused-ring (bicyclic) bond motifs is 3. The first-order chi connectivity index (χ1) is 14.6. The summed E-state index contributed by atoms with van der Waals surface area (Å²) in [6.45, 7) is 4.40. The molecule has 0 N–H and O–H groups in total. The summed E-state index contributed by atoms with van der Waals surface area (Å²) >= 11 is 0. The SMILES string of the molecule is C[N+]12CC[N+](F)(CC1)[C@H](Cc1ccccc1)C2.O=S(=O)([O-])C(F)(F)F.O=S(=O)([O-])C(F)(F)F. The fraction of sp³-hybridized carbons (Fsp3) is 0.625. The molecule has 1 aromatic carbocycles. The second kappa shape index (κ2) is 9.99. The van der Waals surface area contributed by atoms with Crippen molar-refractivity contribution >= 4 is 20.2 Å². The summed E-state index contributed by atoms with van der Waals surface area (Å²) < 4.78 is 133. The highest BCUT2D eigenvalue weighted by Crippen LogP contribution is 2.32. The lowest BCUT2D eigenvalue weighted by Crippen LogP contribution is -2.75. The predicted octanol–water partition coefficient (Wildman–Crippen LogP) is 1.88. The molecule has 33 heavy (non-hydrogen) atoms. The van der Waals surface area contributed by atoms with Crippen molar-refractivity contribution in [3.05, 3.63) is 35.9 Å². The molecule has 0 aliphatic carbocycles. The molecule has 1 aromatic rings. The minimum atomic E-state index is -6.09. The van der Waals surface area contributed by atoms with Gasteiger partial charge in [0.25, 0.3) is 0 Å². The van der Waals surface area contributed by atoms with Gasteiger partial charge >= 0.3 is 11.0 Å². The number of likely N-dealkylation sites (N-methyl/N-ethyl adjacent to an activating group) is 1. The molecule has 3 fully saturated rings. The lowest BCUT2D eigenvalue weighted by molar-refractivity contribution is -1.16. The number of hydrogen-bond donors (Lipinski definition) is 0. The molecular weight excluding hydrogens is 513 g/mol. The van der Waals surface area contributed by atoms with Gasteiger partial charge in [-0.2, -0.15) is 26.3 Å². The molecule has 3 saturated heterocycles. The standard InChI is InChI=1S/C14H21FN2.2CHF3O3S/c1-16-7-9-17(15,10-8-16)14(12-16)11-13-5-3-2-4-6-13;2*2-1(3,4)8(5,6)7/h2-6,14H,7-12H2,1H3;2*(H,5,6,7)/q+2;;/p-2/t14-,16?,17?;;/m1../s1. The van der Waals surface area contributed by atoms with Gasteiger partial charge in [-0.3, -0.25) is 0 Å². The fourth-order valence-corrected chi connectivity index (χ4v) is 3.36. The maximum atomic E-state index is 14.8. The van der Waals surface area contributed by atoms with E-state index in [0.29, 0.717) is 13.1 Å². The lowest BCUT2D eigenvalue weighted by atomic mass is 9.97. The number of benzene rings is 1. The third kappa shape index (κ3) is 8.64. The van der Waals surface area contributed by atoms with E-state index in [9.17, 15) is 30.8 Å². The summed E-state index contributed by atoms with van der Waals surface area (Å²) in [7, 11) is -9.90. The van der Waals surface area contributed by atoms with E-state index in [1.165, 1.54) is 5.56 Å². The first-order valence-electron chi connectivity index (χ1n) is 9.08. The molecule has 17 heteroatoms.